The zero-order valence-electron chi connectivity index (χ0n) is 19.5. The number of halogens is 4. The highest BCUT2D eigenvalue weighted by atomic mass is 19.4. The first-order valence-corrected chi connectivity index (χ1v) is 11.3. The van der Waals surface area contributed by atoms with E-state index >= 15 is 0 Å². The van der Waals surface area contributed by atoms with Crippen LogP contribution < -0.4 is 4.74 Å². The van der Waals surface area contributed by atoms with Crippen molar-refractivity contribution in [2.45, 2.75) is 38.4 Å². The number of ether oxygens (including phenoxy) is 1. The molecule has 0 bridgehead atoms. The van der Waals surface area contributed by atoms with Gasteiger partial charge >= 0.3 is 6.18 Å². The van der Waals surface area contributed by atoms with Crippen molar-refractivity contribution in [3.8, 4) is 11.6 Å². The topological polar surface area (TPSA) is 70.7 Å². The zero-order chi connectivity index (χ0) is 25.4. The van der Waals surface area contributed by atoms with Crippen LogP contribution in [0.3, 0.4) is 0 Å². The Morgan fingerprint density at radius 1 is 1.11 bits per heavy atom. The van der Waals surface area contributed by atoms with Crippen molar-refractivity contribution in [3.63, 3.8) is 0 Å². The summed E-state index contributed by atoms with van der Waals surface area (Å²) in [6, 6.07) is 6.44. The fraction of sp³-hybridized carbons (Fsp3) is 0.280. The normalized spacial score (nSPS) is 15.9. The van der Waals surface area contributed by atoms with Crippen molar-refractivity contribution < 1.29 is 22.3 Å². The smallest absolute Gasteiger partial charge is 0.416 e. The Balaban J connectivity index is 1.44. The molecule has 0 N–H and O–H groups in total. The number of methoxy groups -OCH3 is 1. The van der Waals surface area contributed by atoms with Crippen molar-refractivity contribution in [1.82, 2.24) is 29.3 Å². The van der Waals surface area contributed by atoms with Crippen LogP contribution in [0.4, 0.5) is 17.6 Å². The van der Waals surface area contributed by atoms with Gasteiger partial charge in [-0.3, -0.25) is 0 Å². The predicted molar refractivity (Wildman–Crippen MR) is 124 cm³/mol. The molecule has 3 aromatic heterocycles. The van der Waals surface area contributed by atoms with E-state index in [4.69, 9.17) is 4.74 Å². The molecule has 0 spiro atoms. The second-order valence-corrected chi connectivity index (χ2v) is 8.50. The Labute approximate surface area is 204 Å². The van der Waals surface area contributed by atoms with Gasteiger partial charge in [0.1, 0.15) is 17.3 Å². The van der Waals surface area contributed by atoms with Gasteiger partial charge in [0.05, 0.1) is 30.4 Å². The van der Waals surface area contributed by atoms with Crippen molar-refractivity contribution in [2.24, 2.45) is 0 Å². The molecular weight excluding hydrogens is 476 g/mol. The molecule has 4 heterocycles. The van der Waals surface area contributed by atoms with E-state index in [1.54, 1.807) is 29.2 Å². The Kier molecular flexibility index (Phi) is 6.07. The molecule has 1 aromatic carbocycles. The maximum atomic E-state index is 13.6. The minimum absolute atomic E-state index is 0.00418. The molecule has 36 heavy (non-hydrogen) atoms. The highest BCUT2D eigenvalue weighted by Crippen LogP contribution is 2.40. The van der Waals surface area contributed by atoms with Crippen molar-refractivity contribution in [3.05, 3.63) is 82.8 Å². The lowest BCUT2D eigenvalue weighted by atomic mass is 9.87. The molecular formula is C25H22F4N6O. The number of alkyl halides is 3. The molecule has 4 aromatic rings. The number of nitrogens with zero attached hydrogens (tertiary/aromatic N) is 6. The summed E-state index contributed by atoms with van der Waals surface area (Å²) in [5.74, 6) is -0.384. The standard InChI is InChI=1S/C25H22F4N6O/c1-15-13-34(14-30-15)21-9-6-17(31-24(21)36-2)7-10-22-32-23-19(4-3-11-35(23)33-22)18-8-5-16(26)12-20(18)25(27,28)29/h5-10,12-14,19H,3-4,11H2,1-2H3. The van der Waals surface area contributed by atoms with Crippen LogP contribution in [0.2, 0.25) is 0 Å². The number of pyridine rings is 1. The van der Waals surface area contributed by atoms with E-state index < -0.39 is 23.5 Å². The van der Waals surface area contributed by atoms with E-state index in [-0.39, 0.29) is 5.56 Å². The Hall–Kier alpha value is -4.02. The van der Waals surface area contributed by atoms with E-state index in [1.165, 1.54) is 13.2 Å². The van der Waals surface area contributed by atoms with Crippen LogP contribution in [0.15, 0.2) is 42.9 Å². The molecule has 5 rings (SSSR count). The summed E-state index contributed by atoms with van der Waals surface area (Å²) in [6.07, 6.45) is 3.31. The summed E-state index contributed by atoms with van der Waals surface area (Å²) >= 11 is 0. The van der Waals surface area contributed by atoms with Crippen molar-refractivity contribution in [2.75, 3.05) is 7.11 Å². The van der Waals surface area contributed by atoms with Gasteiger partial charge in [-0.1, -0.05) is 6.07 Å². The molecule has 0 fully saturated rings. The van der Waals surface area contributed by atoms with Crippen LogP contribution in [-0.4, -0.2) is 36.4 Å². The number of rotatable bonds is 5. The fourth-order valence-electron chi connectivity index (χ4n) is 4.41. The summed E-state index contributed by atoms with van der Waals surface area (Å²) in [7, 11) is 1.53. The average Bonchev–Trinajstić information content (AvgIpc) is 3.47. The van der Waals surface area contributed by atoms with Gasteiger partial charge in [0.25, 0.3) is 0 Å². The number of imidazole rings is 1. The van der Waals surface area contributed by atoms with E-state index in [1.807, 2.05) is 23.8 Å². The molecule has 0 aliphatic carbocycles. The maximum Gasteiger partial charge on any atom is 0.416 e. The first-order chi connectivity index (χ1) is 17.2. The van der Waals surface area contributed by atoms with Gasteiger partial charge in [0.2, 0.25) is 5.88 Å². The summed E-state index contributed by atoms with van der Waals surface area (Å²) in [4.78, 5) is 13.2. The SMILES string of the molecule is COc1nc(C=Cc2nc3n(n2)CCCC3c2ccc(F)cc2C(F)(F)F)ccc1-n1cnc(C)c1. The van der Waals surface area contributed by atoms with Crippen molar-refractivity contribution >= 4 is 12.2 Å². The summed E-state index contributed by atoms with van der Waals surface area (Å²) in [5, 5.41) is 4.45. The van der Waals surface area contributed by atoms with Crippen LogP contribution in [0.25, 0.3) is 17.8 Å². The Morgan fingerprint density at radius 2 is 1.94 bits per heavy atom. The monoisotopic (exact) mass is 498 g/mol. The summed E-state index contributed by atoms with van der Waals surface area (Å²) in [6.45, 7) is 2.43. The van der Waals surface area contributed by atoms with E-state index in [2.05, 4.69) is 20.1 Å². The molecule has 1 atom stereocenters. The van der Waals surface area contributed by atoms with Crippen LogP contribution in [-0.2, 0) is 12.7 Å². The first kappa shape index (κ1) is 23.7. The Morgan fingerprint density at radius 3 is 2.67 bits per heavy atom. The molecule has 1 unspecified atom stereocenters. The van der Waals surface area contributed by atoms with Gasteiger partial charge in [-0.05, 0) is 61.7 Å². The first-order valence-electron chi connectivity index (χ1n) is 11.3. The van der Waals surface area contributed by atoms with Crippen LogP contribution in [0.1, 0.15) is 52.9 Å². The number of hydrogen-bond donors (Lipinski definition) is 0. The number of benzene rings is 1. The third-order valence-electron chi connectivity index (χ3n) is 6.04. The van der Waals surface area contributed by atoms with Gasteiger partial charge in [0, 0.05) is 18.7 Å². The molecule has 186 valence electrons. The zero-order valence-corrected chi connectivity index (χ0v) is 19.5. The minimum Gasteiger partial charge on any atom is -0.479 e. The minimum atomic E-state index is -4.67. The van der Waals surface area contributed by atoms with E-state index in [9.17, 15) is 17.6 Å². The second kappa shape index (κ2) is 9.21. The van der Waals surface area contributed by atoms with E-state index in [0.29, 0.717) is 48.7 Å². The summed E-state index contributed by atoms with van der Waals surface area (Å²) in [5.41, 5.74) is 1.20. The molecule has 0 saturated carbocycles. The second-order valence-electron chi connectivity index (χ2n) is 8.50. The Bertz CT molecular complexity index is 1440. The quantitative estimate of drug-likeness (QED) is 0.343. The highest BCUT2D eigenvalue weighted by Gasteiger charge is 2.38. The maximum absolute atomic E-state index is 13.6. The third kappa shape index (κ3) is 4.60. The molecule has 11 heteroatoms. The van der Waals surface area contributed by atoms with Gasteiger partial charge in [-0.15, -0.1) is 0 Å². The van der Waals surface area contributed by atoms with Crippen LogP contribution in [0.5, 0.6) is 5.88 Å². The lowest BCUT2D eigenvalue weighted by Crippen LogP contribution is -2.21. The lowest BCUT2D eigenvalue weighted by molar-refractivity contribution is -0.138. The van der Waals surface area contributed by atoms with Gasteiger partial charge < -0.3 is 9.30 Å². The van der Waals surface area contributed by atoms with Gasteiger partial charge in [0.15, 0.2) is 5.82 Å². The molecule has 1 aliphatic heterocycles. The summed E-state index contributed by atoms with van der Waals surface area (Å²) < 4.78 is 63.4. The number of hydrogen-bond acceptors (Lipinski definition) is 5. The molecule has 0 radical (unpaired) electrons. The third-order valence-corrected chi connectivity index (χ3v) is 6.04. The largest absolute Gasteiger partial charge is 0.479 e. The van der Waals surface area contributed by atoms with Crippen molar-refractivity contribution in [1.29, 1.82) is 0 Å². The number of aromatic nitrogens is 6. The average molecular weight is 498 g/mol. The van der Waals surface area contributed by atoms with Crippen LogP contribution >= 0.6 is 0 Å². The molecule has 1 aliphatic rings. The number of fused-ring (bicyclic) bond motifs is 1. The fourth-order valence-corrected chi connectivity index (χ4v) is 4.41. The number of aryl methyl sites for hydroxylation is 2. The van der Waals surface area contributed by atoms with Crippen LogP contribution in [0, 0.1) is 12.7 Å². The molecule has 0 saturated heterocycles. The van der Waals surface area contributed by atoms with Gasteiger partial charge in [-0.2, -0.15) is 18.3 Å². The highest BCUT2D eigenvalue weighted by molar-refractivity contribution is 5.65. The van der Waals surface area contributed by atoms with E-state index in [0.717, 1.165) is 17.4 Å². The molecule has 0 amide bonds. The predicted octanol–water partition coefficient (Wildman–Crippen LogP) is 5.43. The van der Waals surface area contributed by atoms with Gasteiger partial charge in [-0.25, -0.2) is 24.0 Å². The lowest BCUT2D eigenvalue weighted by Gasteiger charge is -2.25. The molecule has 7 nitrogen and oxygen atoms in total.